The van der Waals surface area contributed by atoms with Gasteiger partial charge in [0.25, 0.3) is 0 Å². The molecule has 166 valence electrons. The molecule has 5 heteroatoms. The Kier molecular flexibility index (Phi) is 8.01. The van der Waals surface area contributed by atoms with Crippen molar-refractivity contribution < 1.29 is 9.53 Å². The number of carbonyl (C=O) groups is 1. The van der Waals surface area contributed by atoms with Gasteiger partial charge in [-0.15, -0.1) is 0 Å². The van der Waals surface area contributed by atoms with Crippen LogP contribution in [0.25, 0.3) is 0 Å². The summed E-state index contributed by atoms with van der Waals surface area (Å²) in [6.07, 6.45) is 5.92. The Hall–Kier alpha value is -1.88. The molecule has 1 atom stereocenters. The molecule has 2 saturated heterocycles. The van der Waals surface area contributed by atoms with Crippen LogP contribution in [0.4, 0.5) is 0 Å². The summed E-state index contributed by atoms with van der Waals surface area (Å²) in [5.74, 6) is 0.266. The first kappa shape index (κ1) is 22.3. The predicted molar refractivity (Wildman–Crippen MR) is 125 cm³/mol. The summed E-state index contributed by atoms with van der Waals surface area (Å²) in [7, 11) is 0. The second kappa shape index (κ2) is 11.1. The summed E-state index contributed by atoms with van der Waals surface area (Å²) in [6.45, 7) is 4.38. The summed E-state index contributed by atoms with van der Waals surface area (Å²) >= 11 is 6.05. The SMILES string of the molecule is O=C(CCc1cccc(Cl)c1)N1CCC(N2CCC[C@H]2COCc2ccccc2)CC1. The lowest BCUT2D eigenvalue weighted by molar-refractivity contribution is -0.132. The molecule has 2 aliphatic rings. The Morgan fingerprint density at radius 3 is 2.52 bits per heavy atom. The average molecular weight is 441 g/mol. The highest BCUT2D eigenvalue weighted by Gasteiger charge is 2.33. The molecule has 4 rings (SSSR count). The van der Waals surface area contributed by atoms with Crippen molar-refractivity contribution in [1.29, 1.82) is 0 Å². The number of halogens is 1. The smallest absolute Gasteiger partial charge is 0.222 e. The predicted octanol–water partition coefficient (Wildman–Crippen LogP) is 4.94. The molecule has 0 unspecified atom stereocenters. The van der Waals surface area contributed by atoms with Crippen LogP contribution in [0.3, 0.4) is 0 Å². The number of ether oxygens (including phenoxy) is 1. The fraction of sp³-hybridized carbons (Fsp3) is 0.500. The first-order valence-corrected chi connectivity index (χ1v) is 12.0. The number of carbonyl (C=O) groups excluding carboxylic acids is 1. The number of rotatable bonds is 8. The van der Waals surface area contributed by atoms with Gasteiger partial charge in [-0.05, 0) is 61.9 Å². The van der Waals surface area contributed by atoms with E-state index in [0.717, 1.165) is 56.1 Å². The topological polar surface area (TPSA) is 32.8 Å². The van der Waals surface area contributed by atoms with Gasteiger partial charge in [-0.3, -0.25) is 9.69 Å². The largest absolute Gasteiger partial charge is 0.375 e. The Bertz CT molecular complexity index is 836. The fourth-order valence-corrected chi connectivity index (χ4v) is 5.17. The van der Waals surface area contributed by atoms with Crippen LogP contribution in [0.15, 0.2) is 54.6 Å². The molecule has 2 heterocycles. The van der Waals surface area contributed by atoms with E-state index in [1.54, 1.807) is 0 Å². The minimum Gasteiger partial charge on any atom is -0.375 e. The molecule has 4 nitrogen and oxygen atoms in total. The first-order valence-electron chi connectivity index (χ1n) is 11.6. The second-order valence-electron chi connectivity index (χ2n) is 8.78. The molecular weight excluding hydrogens is 408 g/mol. The molecule has 31 heavy (non-hydrogen) atoms. The third-order valence-corrected chi connectivity index (χ3v) is 6.88. The van der Waals surface area contributed by atoms with Crippen LogP contribution in [-0.4, -0.2) is 54.0 Å². The highest BCUT2D eigenvalue weighted by molar-refractivity contribution is 6.30. The maximum atomic E-state index is 12.7. The number of amides is 1. The highest BCUT2D eigenvalue weighted by atomic mass is 35.5. The number of hydrogen-bond acceptors (Lipinski definition) is 3. The van der Waals surface area contributed by atoms with Crippen molar-refractivity contribution in [2.45, 2.75) is 57.2 Å². The van der Waals surface area contributed by atoms with E-state index in [1.807, 2.05) is 30.3 Å². The van der Waals surface area contributed by atoms with Crippen molar-refractivity contribution in [1.82, 2.24) is 9.80 Å². The maximum absolute atomic E-state index is 12.7. The second-order valence-corrected chi connectivity index (χ2v) is 9.21. The minimum absolute atomic E-state index is 0.266. The molecule has 2 aromatic rings. The van der Waals surface area contributed by atoms with E-state index >= 15 is 0 Å². The van der Waals surface area contributed by atoms with Gasteiger partial charge in [0.15, 0.2) is 0 Å². The van der Waals surface area contributed by atoms with E-state index in [9.17, 15) is 4.79 Å². The quantitative estimate of drug-likeness (QED) is 0.582. The minimum atomic E-state index is 0.266. The van der Waals surface area contributed by atoms with Gasteiger partial charge >= 0.3 is 0 Å². The lowest BCUT2D eigenvalue weighted by Gasteiger charge is -2.39. The van der Waals surface area contributed by atoms with Gasteiger partial charge in [0.05, 0.1) is 13.2 Å². The normalized spacial score (nSPS) is 20.3. The summed E-state index contributed by atoms with van der Waals surface area (Å²) in [4.78, 5) is 17.4. The standard InChI is InChI=1S/C26H33ClN2O2/c27-23-9-4-8-21(18-23)11-12-26(30)28-16-13-24(14-17-28)29-15-5-10-25(29)20-31-19-22-6-2-1-3-7-22/h1-4,6-9,18,24-25H,5,10-17,19-20H2/t25-/m0/s1. The summed E-state index contributed by atoms with van der Waals surface area (Å²) in [6, 6.07) is 19.3. The Morgan fingerprint density at radius 1 is 0.968 bits per heavy atom. The molecule has 0 aliphatic carbocycles. The summed E-state index contributed by atoms with van der Waals surface area (Å²) < 4.78 is 6.05. The Balaban J connectivity index is 1.20. The van der Waals surface area contributed by atoms with Gasteiger partial charge in [-0.2, -0.15) is 0 Å². The average Bonchev–Trinajstić information content (AvgIpc) is 3.27. The molecule has 0 radical (unpaired) electrons. The van der Waals surface area contributed by atoms with E-state index in [4.69, 9.17) is 16.3 Å². The van der Waals surface area contributed by atoms with Crippen LogP contribution in [0, 0.1) is 0 Å². The number of aryl methyl sites for hydroxylation is 1. The summed E-state index contributed by atoms with van der Waals surface area (Å²) in [5.41, 5.74) is 2.36. The molecule has 0 spiro atoms. The lowest BCUT2D eigenvalue weighted by atomic mass is 10.0. The van der Waals surface area contributed by atoms with E-state index in [1.165, 1.54) is 18.4 Å². The van der Waals surface area contributed by atoms with Crippen molar-refractivity contribution in [2.75, 3.05) is 26.2 Å². The summed E-state index contributed by atoms with van der Waals surface area (Å²) in [5, 5.41) is 0.735. The number of likely N-dealkylation sites (tertiary alicyclic amines) is 2. The van der Waals surface area contributed by atoms with Gasteiger partial charge in [-0.1, -0.05) is 54.1 Å². The van der Waals surface area contributed by atoms with E-state index in [0.29, 0.717) is 25.1 Å². The van der Waals surface area contributed by atoms with E-state index in [2.05, 4.69) is 34.1 Å². The van der Waals surface area contributed by atoms with Gasteiger partial charge in [0.2, 0.25) is 5.91 Å². The molecular formula is C26H33ClN2O2. The molecule has 2 fully saturated rings. The van der Waals surface area contributed by atoms with Crippen molar-refractivity contribution >= 4 is 17.5 Å². The molecule has 1 amide bonds. The van der Waals surface area contributed by atoms with Crippen LogP contribution < -0.4 is 0 Å². The Labute approximate surface area is 191 Å². The Morgan fingerprint density at radius 2 is 1.74 bits per heavy atom. The molecule has 2 aromatic carbocycles. The number of benzene rings is 2. The van der Waals surface area contributed by atoms with E-state index in [-0.39, 0.29) is 5.91 Å². The van der Waals surface area contributed by atoms with E-state index < -0.39 is 0 Å². The molecule has 0 bridgehead atoms. The van der Waals surface area contributed by atoms with Crippen LogP contribution in [0.2, 0.25) is 5.02 Å². The molecule has 2 aliphatic heterocycles. The zero-order valence-corrected chi connectivity index (χ0v) is 19.0. The van der Waals surface area contributed by atoms with Crippen molar-refractivity contribution in [3.05, 3.63) is 70.7 Å². The number of piperidine rings is 1. The van der Waals surface area contributed by atoms with Crippen molar-refractivity contribution in [3.8, 4) is 0 Å². The number of nitrogens with zero attached hydrogens (tertiary/aromatic N) is 2. The van der Waals surface area contributed by atoms with Crippen molar-refractivity contribution in [3.63, 3.8) is 0 Å². The highest BCUT2D eigenvalue weighted by Crippen LogP contribution is 2.27. The van der Waals surface area contributed by atoms with Crippen LogP contribution in [-0.2, 0) is 22.6 Å². The van der Waals surface area contributed by atoms with Crippen LogP contribution in [0.5, 0.6) is 0 Å². The molecule has 0 N–H and O–H groups in total. The van der Waals surface area contributed by atoms with Gasteiger partial charge in [0, 0.05) is 36.6 Å². The third-order valence-electron chi connectivity index (χ3n) is 6.65. The maximum Gasteiger partial charge on any atom is 0.222 e. The third kappa shape index (κ3) is 6.31. The van der Waals surface area contributed by atoms with Gasteiger partial charge in [-0.25, -0.2) is 0 Å². The molecule has 0 aromatic heterocycles. The number of hydrogen-bond donors (Lipinski definition) is 0. The van der Waals surface area contributed by atoms with Crippen LogP contribution in [0.1, 0.15) is 43.2 Å². The zero-order valence-electron chi connectivity index (χ0n) is 18.2. The van der Waals surface area contributed by atoms with Gasteiger partial charge < -0.3 is 9.64 Å². The van der Waals surface area contributed by atoms with Gasteiger partial charge in [0.1, 0.15) is 0 Å². The zero-order chi connectivity index (χ0) is 21.5. The molecule has 0 saturated carbocycles. The monoisotopic (exact) mass is 440 g/mol. The van der Waals surface area contributed by atoms with Crippen LogP contribution >= 0.6 is 11.6 Å². The van der Waals surface area contributed by atoms with Crippen molar-refractivity contribution in [2.24, 2.45) is 0 Å². The first-order chi connectivity index (χ1) is 15.2. The fourth-order valence-electron chi connectivity index (χ4n) is 4.95. The lowest BCUT2D eigenvalue weighted by Crippen LogP contribution is -2.49.